The molecule has 0 radical (unpaired) electrons. The Hall–Kier alpha value is -1.52. The summed E-state index contributed by atoms with van der Waals surface area (Å²) in [5.41, 5.74) is -1.07. The summed E-state index contributed by atoms with van der Waals surface area (Å²) in [5, 5.41) is 2.55. The van der Waals surface area contributed by atoms with Crippen LogP contribution in [0.2, 0.25) is 0 Å². The van der Waals surface area contributed by atoms with E-state index in [1.54, 1.807) is 47.6 Å². The summed E-state index contributed by atoms with van der Waals surface area (Å²) in [6.07, 6.45) is 8.01. The predicted octanol–water partition coefficient (Wildman–Crippen LogP) is 4.71. The fourth-order valence-electron chi connectivity index (χ4n) is 2.69. The molecule has 138 valence electrons. The third-order valence-electron chi connectivity index (χ3n) is 3.65. The summed E-state index contributed by atoms with van der Waals surface area (Å²) in [5.74, 6) is 0.197. The van der Waals surface area contributed by atoms with Crippen LogP contribution in [0.3, 0.4) is 0 Å². The third-order valence-corrected chi connectivity index (χ3v) is 3.65. The van der Waals surface area contributed by atoms with Crippen LogP contribution in [0.4, 0.5) is 4.79 Å². The summed E-state index contributed by atoms with van der Waals surface area (Å²) in [4.78, 5) is 24.3. The van der Waals surface area contributed by atoms with Gasteiger partial charge in [0.1, 0.15) is 16.9 Å². The van der Waals surface area contributed by atoms with E-state index in [-0.39, 0.29) is 5.70 Å². The van der Waals surface area contributed by atoms with E-state index in [4.69, 9.17) is 9.47 Å². The molecule has 1 fully saturated rings. The zero-order valence-corrected chi connectivity index (χ0v) is 16.0. The van der Waals surface area contributed by atoms with Gasteiger partial charge in [-0.2, -0.15) is 0 Å². The molecule has 0 saturated heterocycles. The third kappa shape index (κ3) is 8.94. The maximum Gasteiger partial charge on any atom is 0.412 e. The molecular weight excluding hydrogens is 306 g/mol. The number of alkyl carbamates (subject to hydrolysis) is 1. The number of hydrogen-bond acceptors (Lipinski definition) is 4. The van der Waals surface area contributed by atoms with Gasteiger partial charge in [0, 0.05) is 0 Å². The highest BCUT2D eigenvalue weighted by Gasteiger charge is 2.24. The molecule has 0 bridgehead atoms. The number of hydrogen-bond donors (Lipinski definition) is 1. The van der Waals surface area contributed by atoms with Gasteiger partial charge in [-0.15, -0.1) is 0 Å². The van der Waals surface area contributed by atoms with Crippen LogP contribution < -0.4 is 5.32 Å². The molecule has 0 heterocycles. The minimum atomic E-state index is -0.638. The second-order valence-corrected chi connectivity index (χ2v) is 8.47. The molecule has 0 aliphatic heterocycles. The van der Waals surface area contributed by atoms with Crippen LogP contribution in [0.5, 0.6) is 0 Å². The molecule has 1 saturated carbocycles. The fourth-order valence-corrected chi connectivity index (χ4v) is 2.69. The van der Waals surface area contributed by atoms with Crippen molar-refractivity contribution >= 4 is 12.1 Å². The first-order valence-electron chi connectivity index (χ1n) is 8.90. The van der Waals surface area contributed by atoms with Gasteiger partial charge in [-0.05, 0) is 60.3 Å². The van der Waals surface area contributed by atoms with E-state index in [1.165, 1.54) is 25.7 Å². The van der Waals surface area contributed by atoms with Crippen LogP contribution in [-0.4, -0.2) is 23.3 Å². The average molecular weight is 339 g/mol. The summed E-state index contributed by atoms with van der Waals surface area (Å²) in [7, 11) is 0. The van der Waals surface area contributed by atoms with Crippen molar-refractivity contribution < 1.29 is 19.1 Å². The molecule has 5 nitrogen and oxygen atoms in total. The lowest BCUT2D eigenvalue weighted by molar-refractivity contribution is -0.150. The first-order chi connectivity index (χ1) is 11.0. The largest absolute Gasteiger partial charge is 0.455 e. The summed E-state index contributed by atoms with van der Waals surface area (Å²) in [6.45, 7) is 10.7. The normalized spacial score (nSPS) is 16.8. The number of allylic oxidation sites excluding steroid dienone is 1. The summed E-state index contributed by atoms with van der Waals surface area (Å²) in [6, 6.07) is 0. The fraction of sp³-hybridized carbons (Fsp3) is 0.789. The van der Waals surface area contributed by atoms with Gasteiger partial charge in [0.25, 0.3) is 0 Å². The summed E-state index contributed by atoms with van der Waals surface area (Å²) >= 11 is 0. The van der Waals surface area contributed by atoms with Crippen molar-refractivity contribution in [2.45, 2.75) is 91.3 Å². The molecule has 5 heteroatoms. The number of nitrogens with one attached hydrogen (secondary N) is 1. The van der Waals surface area contributed by atoms with E-state index in [9.17, 15) is 9.59 Å². The van der Waals surface area contributed by atoms with Crippen molar-refractivity contribution in [3.05, 3.63) is 11.8 Å². The monoisotopic (exact) mass is 339 g/mol. The highest BCUT2D eigenvalue weighted by molar-refractivity contribution is 5.92. The molecular formula is C19H33NO4. The second kappa shape index (κ2) is 8.54. The molecule has 1 N–H and O–H groups in total. The minimum Gasteiger partial charge on any atom is -0.455 e. The Kier molecular flexibility index (Phi) is 7.30. The van der Waals surface area contributed by atoms with E-state index in [2.05, 4.69) is 5.32 Å². The molecule has 0 atom stereocenters. The first kappa shape index (κ1) is 20.5. The second-order valence-electron chi connectivity index (χ2n) is 8.47. The Morgan fingerprint density at radius 3 is 2.04 bits per heavy atom. The lowest BCUT2D eigenvalue weighted by atomic mass is 10.0. The highest BCUT2D eigenvalue weighted by Crippen LogP contribution is 2.28. The molecule has 1 rings (SSSR count). The highest BCUT2D eigenvalue weighted by atomic mass is 16.6. The van der Waals surface area contributed by atoms with Crippen molar-refractivity contribution in [3.63, 3.8) is 0 Å². The van der Waals surface area contributed by atoms with Crippen molar-refractivity contribution in [2.24, 2.45) is 5.92 Å². The minimum absolute atomic E-state index is 0.164. The number of amides is 1. The van der Waals surface area contributed by atoms with Gasteiger partial charge in [-0.1, -0.05) is 31.8 Å². The molecule has 0 spiro atoms. The van der Waals surface area contributed by atoms with Gasteiger partial charge in [0.2, 0.25) is 0 Å². The smallest absolute Gasteiger partial charge is 0.412 e. The topological polar surface area (TPSA) is 64.6 Å². The average Bonchev–Trinajstić information content (AvgIpc) is 2.86. The van der Waals surface area contributed by atoms with Gasteiger partial charge in [0.05, 0.1) is 0 Å². The van der Waals surface area contributed by atoms with Crippen LogP contribution >= 0.6 is 0 Å². The standard InChI is InChI=1S/C19H33NO4/c1-18(2,3)23-16(21)15(20-17(22)24-19(4,5)6)13-9-12-14-10-7-8-11-14/h13-14H,7-12H2,1-6H3,(H,20,22)/b15-13+. The van der Waals surface area contributed by atoms with Crippen molar-refractivity contribution in [2.75, 3.05) is 0 Å². The number of carbonyl (C=O) groups is 2. The molecule has 24 heavy (non-hydrogen) atoms. The van der Waals surface area contributed by atoms with Gasteiger partial charge < -0.3 is 9.47 Å². The van der Waals surface area contributed by atoms with Gasteiger partial charge in [-0.3, -0.25) is 5.32 Å². The molecule has 0 aromatic rings. The van der Waals surface area contributed by atoms with Crippen LogP contribution in [0, 0.1) is 5.92 Å². The van der Waals surface area contributed by atoms with E-state index < -0.39 is 23.3 Å². The molecule has 0 unspecified atom stereocenters. The van der Waals surface area contributed by atoms with Crippen LogP contribution in [-0.2, 0) is 14.3 Å². The lowest BCUT2D eigenvalue weighted by Crippen LogP contribution is -2.36. The predicted molar refractivity (Wildman–Crippen MR) is 94.5 cm³/mol. The number of ether oxygens (including phenoxy) is 2. The van der Waals surface area contributed by atoms with Gasteiger partial charge in [-0.25, -0.2) is 9.59 Å². The Morgan fingerprint density at radius 2 is 1.54 bits per heavy atom. The maximum atomic E-state index is 12.3. The van der Waals surface area contributed by atoms with E-state index in [1.807, 2.05) is 0 Å². The lowest BCUT2D eigenvalue weighted by Gasteiger charge is -2.23. The van der Waals surface area contributed by atoms with Crippen molar-refractivity contribution in [3.8, 4) is 0 Å². The number of rotatable bonds is 5. The zero-order valence-electron chi connectivity index (χ0n) is 16.0. The van der Waals surface area contributed by atoms with Crippen LogP contribution in [0.15, 0.2) is 11.8 Å². The van der Waals surface area contributed by atoms with Crippen molar-refractivity contribution in [1.82, 2.24) is 5.32 Å². The maximum absolute atomic E-state index is 12.3. The Balaban J connectivity index is 2.69. The SMILES string of the molecule is CC(C)(C)OC(=O)N/C(=C/CCC1CCCC1)C(=O)OC(C)(C)C. The Morgan fingerprint density at radius 1 is 1.00 bits per heavy atom. The van der Waals surface area contributed by atoms with Crippen LogP contribution in [0.1, 0.15) is 80.1 Å². The molecule has 1 amide bonds. The molecule has 1 aliphatic carbocycles. The molecule has 0 aromatic heterocycles. The van der Waals surface area contributed by atoms with Gasteiger partial charge in [0.15, 0.2) is 0 Å². The molecule has 0 aromatic carbocycles. The first-order valence-corrected chi connectivity index (χ1v) is 8.90. The zero-order chi connectivity index (χ0) is 18.4. The van der Waals surface area contributed by atoms with E-state index in [0.29, 0.717) is 0 Å². The number of carbonyl (C=O) groups excluding carboxylic acids is 2. The van der Waals surface area contributed by atoms with Crippen LogP contribution in [0.25, 0.3) is 0 Å². The van der Waals surface area contributed by atoms with E-state index in [0.717, 1.165) is 18.8 Å². The van der Waals surface area contributed by atoms with E-state index >= 15 is 0 Å². The van der Waals surface area contributed by atoms with Gasteiger partial charge >= 0.3 is 12.1 Å². The molecule has 1 aliphatic rings. The summed E-state index contributed by atoms with van der Waals surface area (Å²) < 4.78 is 10.6. The Bertz CT molecular complexity index is 463. The van der Waals surface area contributed by atoms with Crippen molar-refractivity contribution in [1.29, 1.82) is 0 Å². The number of esters is 1. The quantitative estimate of drug-likeness (QED) is 0.582. The Labute approximate surface area is 146 Å².